The molecule has 0 heterocycles. The van der Waals surface area contributed by atoms with Crippen LogP contribution in [0.2, 0.25) is 0 Å². The molecule has 0 aliphatic carbocycles. The number of ether oxygens (including phenoxy) is 4. The lowest BCUT2D eigenvalue weighted by Crippen LogP contribution is -2.30. The molecule has 0 aromatic rings. The molecule has 0 bridgehead atoms. The molecule has 17 nitrogen and oxygen atoms in total. The molecule has 0 fully saturated rings. The molecule has 0 aliphatic heterocycles. The zero-order valence-corrected chi connectivity index (χ0v) is 50.7. The summed E-state index contributed by atoms with van der Waals surface area (Å²) in [5.41, 5.74) is 0. The molecular formula is C58H112O17P2. The van der Waals surface area contributed by atoms with Crippen molar-refractivity contribution < 1.29 is 80.2 Å². The first-order chi connectivity index (χ1) is 37.2. The third-order valence-corrected chi connectivity index (χ3v) is 15.3. The van der Waals surface area contributed by atoms with Gasteiger partial charge in [0.25, 0.3) is 0 Å². The Morgan fingerprint density at radius 2 is 0.519 bits per heavy atom. The van der Waals surface area contributed by atoms with Gasteiger partial charge in [-0.2, -0.15) is 0 Å². The highest BCUT2D eigenvalue weighted by atomic mass is 31.2. The van der Waals surface area contributed by atoms with Crippen LogP contribution in [0.4, 0.5) is 0 Å². The minimum Gasteiger partial charge on any atom is -0.462 e. The van der Waals surface area contributed by atoms with Gasteiger partial charge in [0.1, 0.15) is 19.3 Å². The highest BCUT2D eigenvalue weighted by Crippen LogP contribution is 2.45. The average molecular weight is 1140 g/mol. The van der Waals surface area contributed by atoms with Gasteiger partial charge in [-0.15, -0.1) is 0 Å². The maximum Gasteiger partial charge on any atom is 0.472 e. The van der Waals surface area contributed by atoms with Crippen LogP contribution < -0.4 is 0 Å². The third kappa shape index (κ3) is 53.2. The van der Waals surface area contributed by atoms with Crippen molar-refractivity contribution in [3.63, 3.8) is 0 Å². The Labute approximate surface area is 467 Å². The Balaban J connectivity index is 5.21. The highest BCUT2D eigenvalue weighted by Gasteiger charge is 2.30. The van der Waals surface area contributed by atoms with Crippen LogP contribution in [0.5, 0.6) is 0 Å². The van der Waals surface area contributed by atoms with E-state index in [0.717, 1.165) is 103 Å². The zero-order valence-electron chi connectivity index (χ0n) is 48.9. The standard InChI is InChI=1S/C58H112O17P2/c1-5-9-13-17-21-24-26-29-33-37-41-45-58(63)75-54(49-69-56(61)43-39-35-31-28-25-22-18-14-10-6-2)51-73-77(66,67)71-47-52(59)46-70-76(64,65)72-50-53(48-68-55(60)42-38-34-30-20-16-12-8-4)74-57(62)44-40-36-32-27-23-19-15-11-7-3/h52-54,59H,5-51H2,1-4H3,(H,64,65)(H,66,67)/t52-,53+,54+/m0/s1. The van der Waals surface area contributed by atoms with E-state index in [-0.39, 0.29) is 25.7 Å². The molecule has 5 atom stereocenters. The number of rotatable bonds is 59. The number of esters is 4. The fourth-order valence-corrected chi connectivity index (χ4v) is 10.2. The number of carbonyl (C=O) groups excluding carboxylic acids is 4. The zero-order chi connectivity index (χ0) is 56.9. The predicted octanol–water partition coefficient (Wildman–Crippen LogP) is 15.6. The predicted molar refractivity (Wildman–Crippen MR) is 303 cm³/mol. The number of hydrogen-bond donors (Lipinski definition) is 3. The summed E-state index contributed by atoms with van der Waals surface area (Å²) < 4.78 is 67.6. The summed E-state index contributed by atoms with van der Waals surface area (Å²) in [6.07, 6.45) is 36.2. The second-order valence-electron chi connectivity index (χ2n) is 21.0. The monoisotopic (exact) mass is 1140 g/mol. The van der Waals surface area contributed by atoms with Crippen LogP contribution in [0, 0.1) is 0 Å². The number of aliphatic hydroxyl groups is 1. The van der Waals surface area contributed by atoms with Crippen molar-refractivity contribution in [2.24, 2.45) is 0 Å². The minimum atomic E-state index is -4.93. The normalized spacial score (nSPS) is 14.3. The summed E-state index contributed by atoms with van der Waals surface area (Å²) in [5.74, 6) is -2.15. The summed E-state index contributed by atoms with van der Waals surface area (Å²) >= 11 is 0. The van der Waals surface area contributed by atoms with Gasteiger partial charge in [0.2, 0.25) is 0 Å². The fraction of sp³-hybridized carbons (Fsp3) is 0.931. The van der Waals surface area contributed by atoms with Gasteiger partial charge in [-0.25, -0.2) is 9.13 Å². The molecule has 0 aliphatic rings. The highest BCUT2D eigenvalue weighted by molar-refractivity contribution is 7.47. The van der Waals surface area contributed by atoms with Crippen molar-refractivity contribution in [1.82, 2.24) is 0 Å². The molecular weight excluding hydrogens is 1030 g/mol. The van der Waals surface area contributed by atoms with Crippen LogP contribution in [0.15, 0.2) is 0 Å². The molecule has 3 N–H and O–H groups in total. The Morgan fingerprint density at radius 1 is 0.312 bits per heavy atom. The van der Waals surface area contributed by atoms with Crippen molar-refractivity contribution in [2.45, 2.75) is 309 Å². The van der Waals surface area contributed by atoms with E-state index in [0.29, 0.717) is 25.7 Å². The molecule has 19 heteroatoms. The first-order valence-corrected chi connectivity index (χ1v) is 33.8. The van der Waals surface area contributed by atoms with E-state index in [1.165, 1.54) is 109 Å². The van der Waals surface area contributed by atoms with Gasteiger partial charge < -0.3 is 33.8 Å². The van der Waals surface area contributed by atoms with Crippen LogP contribution in [0.3, 0.4) is 0 Å². The topological polar surface area (TPSA) is 237 Å². The van der Waals surface area contributed by atoms with E-state index in [1.807, 2.05) is 0 Å². The maximum atomic E-state index is 12.9. The lowest BCUT2D eigenvalue weighted by atomic mass is 10.1. The number of unbranched alkanes of at least 4 members (excludes halogenated alkanes) is 33. The quantitative estimate of drug-likeness (QED) is 0.0222. The molecule has 0 aromatic carbocycles. The summed E-state index contributed by atoms with van der Waals surface area (Å²) in [6.45, 7) is 4.78. The van der Waals surface area contributed by atoms with Crippen molar-refractivity contribution in [3.05, 3.63) is 0 Å². The van der Waals surface area contributed by atoms with E-state index < -0.39 is 97.5 Å². The van der Waals surface area contributed by atoms with E-state index in [4.69, 9.17) is 37.0 Å². The summed E-state index contributed by atoms with van der Waals surface area (Å²) in [4.78, 5) is 71.7. The number of phosphoric ester groups is 2. The third-order valence-electron chi connectivity index (χ3n) is 13.4. The van der Waals surface area contributed by atoms with E-state index in [2.05, 4.69) is 27.7 Å². The van der Waals surface area contributed by atoms with Crippen LogP contribution in [0.25, 0.3) is 0 Å². The fourth-order valence-electron chi connectivity index (χ4n) is 8.57. The van der Waals surface area contributed by atoms with Gasteiger partial charge in [0.05, 0.1) is 26.4 Å². The van der Waals surface area contributed by atoms with Gasteiger partial charge >= 0.3 is 39.5 Å². The number of phosphoric acid groups is 2. The maximum absolute atomic E-state index is 12.9. The lowest BCUT2D eigenvalue weighted by molar-refractivity contribution is -0.161. The molecule has 0 spiro atoms. The first kappa shape index (κ1) is 75.1. The van der Waals surface area contributed by atoms with Crippen molar-refractivity contribution in [2.75, 3.05) is 39.6 Å². The van der Waals surface area contributed by atoms with Crippen molar-refractivity contribution in [3.8, 4) is 0 Å². The largest absolute Gasteiger partial charge is 0.472 e. The molecule has 0 aromatic heterocycles. The van der Waals surface area contributed by atoms with Gasteiger partial charge in [0.15, 0.2) is 12.2 Å². The molecule has 0 rings (SSSR count). The summed E-state index contributed by atoms with van der Waals surface area (Å²) in [6, 6.07) is 0. The molecule has 0 amide bonds. The SMILES string of the molecule is CCCCCCCCCCCCCC(=O)O[C@H](COC(=O)CCCCCCCCCCCC)COP(=O)(O)OC[C@@H](O)COP(=O)(O)OC[C@@H](COC(=O)CCCCCCCCC)OC(=O)CCCCCCCCCCC. The molecule has 0 radical (unpaired) electrons. The van der Waals surface area contributed by atoms with Crippen molar-refractivity contribution in [1.29, 1.82) is 0 Å². The summed E-state index contributed by atoms with van der Waals surface area (Å²) in [5, 5.41) is 10.5. The van der Waals surface area contributed by atoms with Gasteiger partial charge in [-0.1, -0.05) is 240 Å². The molecule has 456 valence electrons. The second kappa shape index (κ2) is 53.4. The molecule has 0 saturated carbocycles. The second-order valence-corrected chi connectivity index (χ2v) is 23.9. The molecule has 77 heavy (non-hydrogen) atoms. The van der Waals surface area contributed by atoms with Crippen LogP contribution in [0.1, 0.15) is 291 Å². The van der Waals surface area contributed by atoms with E-state index >= 15 is 0 Å². The molecule has 2 unspecified atom stereocenters. The van der Waals surface area contributed by atoms with Crippen molar-refractivity contribution >= 4 is 39.5 Å². The Morgan fingerprint density at radius 3 is 0.766 bits per heavy atom. The Hall–Kier alpha value is -1.94. The first-order valence-electron chi connectivity index (χ1n) is 30.8. The van der Waals surface area contributed by atoms with Gasteiger partial charge in [-0.05, 0) is 25.7 Å². The van der Waals surface area contributed by atoms with Crippen LogP contribution in [-0.4, -0.2) is 96.7 Å². The Bertz CT molecular complexity index is 1500. The lowest BCUT2D eigenvalue weighted by Gasteiger charge is -2.21. The minimum absolute atomic E-state index is 0.106. The van der Waals surface area contributed by atoms with Gasteiger partial charge in [-0.3, -0.25) is 37.3 Å². The number of hydrogen-bond acceptors (Lipinski definition) is 15. The van der Waals surface area contributed by atoms with E-state index in [9.17, 15) is 43.2 Å². The van der Waals surface area contributed by atoms with E-state index in [1.54, 1.807) is 0 Å². The average Bonchev–Trinajstić information content (AvgIpc) is 3.40. The Kier molecular flexibility index (Phi) is 52.0. The number of carbonyl (C=O) groups is 4. The smallest absolute Gasteiger partial charge is 0.462 e. The number of aliphatic hydroxyl groups excluding tert-OH is 1. The summed E-state index contributed by atoms with van der Waals surface area (Å²) in [7, 11) is -9.86. The van der Waals surface area contributed by atoms with Gasteiger partial charge in [0, 0.05) is 25.7 Å². The van der Waals surface area contributed by atoms with Crippen LogP contribution >= 0.6 is 15.6 Å². The molecule has 0 saturated heterocycles. The van der Waals surface area contributed by atoms with Crippen LogP contribution in [-0.2, 0) is 65.4 Å².